The molecule has 1 aliphatic carbocycles. The molecule has 0 heterocycles. The standard InChI is InChI=1S/C49H39N/c1-5-34-21-22-39(31-35(34)6-2)43-29-27-41(32-46(43)38-17-11-8-12-18-38)50(40-25-23-37(24-26-40)36-15-9-7-10-16-36)42-28-30-45-44-19-13-14-20-47(44)49(3,4)48(45)33-42/h5-33H,1-2H2,3-4H3. The van der Waals surface area contributed by atoms with E-state index in [0.717, 1.165) is 33.8 Å². The zero-order valence-electron chi connectivity index (χ0n) is 28.6. The Bertz CT molecular complexity index is 2360. The number of anilines is 3. The highest BCUT2D eigenvalue weighted by atomic mass is 15.1. The first-order valence-electron chi connectivity index (χ1n) is 17.2. The Balaban J connectivity index is 1.32. The van der Waals surface area contributed by atoms with Gasteiger partial charge in [0.15, 0.2) is 0 Å². The molecule has 7 aromatic rings. The number of rotatable bonds is 8. The summed E-state index contributed by atoms with van der Waals surface area (Å²) in [5.41, 5.74) is 17.8. The highest BCUT2D eigenvalue weighted by molar-refractivity contribution is 5.91. The molecule has 0 spiro atoms. The van der Waals surface area contributed by atoms with Gasteiger partial charge in [0.1, 0.15) is 0 Å². The number of nitrogens with zero attached hydrogens (tertiary/aromatic N) is 1. The van der Waals surface area contributed by atoms with Crippen molar-refractivity contribution in [3.05, 3.63) is 199 Å². The molecule has 1 aliphatic rings. The van der Waals surface area contributed by atoms with Crippen molar-refractivity contribution in [2.45, 2.75) is 19.3 Å². The molecule has 0 aromatic heterocycles. The highest BCUT2D eigenvalue weighted by Crippen LogP contribution is 2.51. The van der Waals surface area contributed by atoms with E-state index in [9.17, 15) is 0 Å². The molecular weight excluding hydrogens is 603 g/mol. The summed E-state index contributed by atoms with van der Waals surface area (Å²) in [4.78, 5) is 2.40. The lowest BCUT2D eigenvalue weighted by atomic mass is 9.82. The molecule has 0 saturated carbocycles. The minimum Gasteiger partial charge on any atom is -0.310 e. The summed E-state index contributed by atoms with van der Waals surface area (Å²) in [6, 6.07) is 59.5. The van der Waals surface area contributed by atoms with Gasteiger partial charge in [-0.2, -0.15) is 0 Å². The fraction of sp³-hybridized carbons (Fsp3) is 0.0612. The third kappa shape index (κ3) is 5.38. The second kappa shape index (κ2) is 12.7. The molecule has 0 unspecified atom stereocenters. The minimum absolute atomic E-state index is 0.107. The molecule has 0 atom stereocenters. The first-order chi connectivity index (χ1) is 24.5. The summed E-state index contributed by atoms with van der Waals surface area (Å²) in [6.07, 6.45) is 3.80. The molecule has 0 bridgehead atoms. The van der Waals surface area contributed by atoms with Gasteiger partial charge < -0.3 is 4.90 Å². The Morgan fingerprint density at radius 3 is 1.64 bits per heavy atom. The van der Waals surface area contributed by atoms with Crippen LogP contribution in [0.5, 0.6) is 0 Å². The Morgan fingerprint density at radius 1 is 0.400 bits per heavy atom. The summed E-state index contributed by atoms with van der Waals surface area (Å²) >= 11 is 0. The van der Waals surface area contributed by atoms with E-state index in [-0.39, 0.29) is 5.41 Å². The van der Waals surface area contributed by atoms with Crippen LogP contribution in [0.4, 0.5) is 17.1 Å². The van der Waals surface area contributed by atoms with Crippen LogP contribution in [0, 0.1) is 0 Å². The van der Waals surface area contributed by atoms with Crippen molar-refractivity contribution in [3.63, 3.8) is 0 Å². The maximum atomic E-state index is 4.08. The van der Waals surface area contributed by atoms with Crippen LogP contribution < -0.4 is 4.90 Å². The fourth-order valence-corrected chi connectivity index (χ4v) is 7.60. The van der Waals surface area contributed by atoms with Crippen LogP contribution in [0.15, 0.2) is 177 Å². The van der Waals surface area contributed by atoms with Crippen molar-refractivity contribution in [1.82, 2.24) is 0 Å². The molecule has 1 nitrogen and oxygen atoms in total. The second-order valence-electron chi connectivity index (χ2n) is 13.5. The molecule has 50 heavy (non-hydrogen) atoms. The van der Waals surface area contributed by atoms with E-state index in [1.807, 2.05) is 12.2 Å². The number of benzene rings is 7. The summed E-state index contributed by atoms with van der Waals surface area (Å²) in [6.45, 7) is 12.8. The Morgan fingerprint density at radius 2 is 0.940 bits per heavy atom. The van der Waals surface area contributed by atoms with E-state index >= 15 is 0 Å². The third-order valence-corrected chi connectivity index (χ3v) is 10.2. The largest absolute Gasteiger partial charge is 0.310 e. The van der Waals surface area contributed by atoms with Crippen LogP contribution in [0.2, 0.25) is 0 Å². The molecule has 0 aliphatic heterocycles. The molecule has 240 valence electrons. The van der Waals surface area contributed by atoms with Gasteiger partial charge in [-0.1, -0.05) is 160 Å². The summed E-state index contributed by atoms with van der Waals surface area (Å²) < 4.78 is 0. The third-order valence-electron chi connectivity index (χ3n) is 10.2. The van der Waals surface area contributed by atoms with Gasteiger partial charge in [-0.25, -0.2) is 0 Å². The summed E-state index contributed by atoms with van der Waals surface area (Å²) in [5.74, 6) is 0. The summed E-state index contributed by atoms with van der Waals surface area (Å²) in [7, 11) is 0. The van der Waals surface area contributed by atoms with Crippen LogP contribution in [-0.4, -0.2) is 0 Å². The average molecular weight is 642 g/mol. The van der Waals surface area contributed by atoms with E-state index in [1.54, 1.807) is 0 Å². The minimum atomic E-state index is -0.107. The topological polar surface area (TPSA) is 3.24 Å². The molecular formula is C49H39N. The lowest BCUT2D eigenvalue weighted by Crippen LogP contribution is -2.16. The molecule has 0 amide bonds. The molecule has 0 N–H and O–H groups in total. The van der Waals surface area contributed by atoms with E-state index in [2.05, 4.69) is 196 Å². The van der Waals surface area contributed by atoms with Gasteiger partial charge in [-0.3, -0.25) is 0 Å². The first-order valence-corrected chi connectivity index (χ1v) is 17.2. The van der Waals surface area contributed by atoms with E-state index in [0.29, 0.717) is 0 Å². The monoisotopic (exact) mass is 641 g/mol. The van der Waals surface area contributed by atoms with Gasteiger partial charge in [-0.05, 0) is 109 Å². The Kier molecular flexibility index (Phi) is 7.90. The normalized spacial score (nSPS) is 12.5. The smallest absolute Gasteiger partial charge is 0.0468 e. The molecule has 8 rings (SSSR count). The van der Waals surface area contributed by atoms with Crippen LogP contribution in [-0.2, 0) is 5.41 Å². The molecule has 0 fully saturated rings. The molecule has 0 radical (unpaired) electrons. The highest BCUT2D eigenvalue weighted by Gasteiger charge is 2.35. The number of fused-ring (bicyclic) bond motifs is 3. The van der Waals surface area contributed by atoms with Crippen LogP contribution in [0.3, 0.4) is 0 Å². The SMILES string of the molecule is C=Cc1ccc(-c2ccc(N(c3ccc(-c4ccccc4)cc3)c3ccc4c(c3)C(C)(C)c3ccccc3-4)cc2-c2ccccc2)cc1C=C. The molecule has 7 aromatic carbocycles. The van der Waals surface area contributed by atoms with Crippen molar-refractivity contribution in [2.75, 3.05) is 4.90 Å². The lowest BCUT2D eigenvalue weighted by Gasteiger charge is -2.29. The molecule has 0 saturated heterocycles. The van der Waals surface area contributed by atoms with Crippen LogP contribution >= 0.6 is 0 Å². The van der Waals surface area contributed by atoms with Crippen LogP contribution in [0.25, 0.3) is 56.7 Å². The maximum Gasteiger partial charge on any atom is 0.0468 e. The quantitative estimate of drug-likeness (QED) is 0.160. The molecule has 1 heteroatoms. The van der Waals surface area contributed by atoms with Gasteiger partial charge in [0.05, 0.1) is 0 Å². The lowest BCUT2D eigenvalue weighted by molar-refractivity contribution is 0.660. The zero-order chi connectivity index (χ0) is 34.2. The second-order valence-corrected chi connectivity index (χ2v) is 13.5. The zero-order valence-corrected chi connectivity index (χ0v) is 28.6. The van der Waals surface area contributed by atoms with Gasteiger partial charge in [0.2, 0.25) is 0 Å². The van der Waals surface area contributed by atoms with Crippen molar-refractivity contribution in [3.8, 4) is 44.5 Å². The van der Waals surface area contributed by atoms with Gasteiger partial charge in [0.25, 0.3) is 0 Å². The Labute approximate surface area is 296 Å². The van der Waals surface area contributed by atoms with Crippen molar-refractivity contribution >= 4 is 29.2 Å². The average Bonchev–Trinajstić information content (AvgIpc) is 3.41. The maximum absolute atomic E-state index is 4.08. The van der Waals surface area contributed by atoms with Crippen molar-refractivity contribution < 1.29 is 0 Å². The van der Waals surface area contributed by atoms with Gasteiger partial charge in [-0.15, -0.1) is 0 Å². The number of hydrogen-bond donors (Lipinski definition) is 0. The summed E-state index contributed by atoms with van der Waals surface area (Å²) in [5, 5.41) is 0. The van der Waals surface area contributed by atoms with E-state index < -0.39 is 0 Å². The predicted octanol–water partition coefficient (Wildman–Crippen LogP) is 13.7. The van der Waals surface area contributed by atoms with Crippen molar-refractivity contribution in [2.24, 2.45) is 0 Å². The van der Waals surface area contributed by atoms with Gasteiger partial charge >= 0.3 is 0 Å². The van der Waals surface area contributed by atoms with Crippen LogP contribution in [0.1, 0.15) is 36.1 Å². The van der Waals surface area contributed by atoms with Crippen molar-refractivity contribution in [1.29, 1.82) is 0 Å². The fourth-order valence-electron chi connectivity index (χ4n) is 7.60. The van der Waals surface area contributed by atoms with Gasteiger partial charge in [0, 0.05) is 22.5 Å². The van der Waals surface area contributed by atoms with E-state index in [4.69, 9.17) is 0 Å². The Hall–Kier alpha value is -6.18. The predicted molar refractivity (Wildman–Crippen MR) is 215 cm³/mol. The van der Waals surface area contributed by atoms with E-state index in [1.165, 1.54) is 50.1 Å². The number of hydrogen-bond acceptors (Lipinski definition) is 1. The first kappa shape index (κ1) is 31.1.